The number of hydrogen-bond donors (Lipinski definition) is 1. The minimum absolute atomic E-state index is 0.251. The number of aliphatic carboxylic acids is 1. The fourth-order valence-corrected chi connectivity index (χ4v) is 0.880. The Balaban J connectivity index is 4.14. The van der Waals surface area contributed by atoms with Gasteiger partial charge in [-0.1, -0.05) is 13.3 Å². The van der Waals surface area contributed by atoms with Gasteiger partial charge in [-0.05, 0) is 20.3 Å². The molecule has 0 spiro atoms. The van der Waals surface area contributed by atoms with E-state index < -0.39 is 18.0 Å². The summed E-state index contributed by atoms with van der Waals surface area (Å²) >= 11 is 0. The van der Waals surface area contributed by atoms with Crippen molar-refractivity contribution in [3.8, 4) is 0 Å². The minimum Gasteiger partial charge on any atom is -0.479 e. The van der Waals surface area contributed by atoms with Crippen molar-refractivity contribution in [2.75, 3.05) is 6.61 Å². The van der Waals surface area contributed by atoms with Crippen LogP contribution in [0.3, 0.4) is 0 Å². The Kier molecular flexibility index (Phi) is 6.70. The second kappa shape index (κ2) is 7.23. The van der Waals surface area contributed by atoms with Gasteiger partial charge in [0.2, 0.25) is 0 Å². The van der Waals surface area contributed by atoms with Crippen LogP contribution in [0.5, 0.6) is 0 Å². The maximum atomic E-state index is 11.3. The van der Waals surface area contributed by atoms with Gasteiger partial charge in [-0.3, -0.25) is 0 Å². The Labute approximate surface area is 89.4 Å². The van der Waals surface area contributed by atoms with E-state index in [1.165, 1.54) is 0 Å². The molecular weight excluding hydrogens is 200 g/mol. The minimum atomic E-state index is -1.50. The van der Waals surface area contributed by atoms with Crippen LogP contribution in [0.4, 0.5) is 0 Å². The summed E-state index contributed by atoms with van der Waals surface area (Å²) in [5.74, 6) is -2.15. The van der Waals surface area contributed by atoms with E-state index in [9.17, 15) is 9.59 Å². The molecule has 5 heteroatoms. The first kappa shape index (κ1) is 13.9. The third-order valence-corrected chi connectivity index (χ3v) is 1.57. The van der Waals surface area contributed by atoms with Gasteiger partial charge in [-0.2, -0.15) is 0 Å². The van der Waals surface area contributed by atoms with E-state index in [4.69, 9.17) is 14.6 Å². The molecule has 0 aromatic heterocycles. The van der Waals surface area contributed by atoms with E-state index in [2.05, 4.69) is 0 Å². The highest BCUT2D eigenvalue weighted by atomic mass is 16.6. The van der Waals surface area contributed by atoms with E-state index in [0.717, 1.165) is 12.8 Å². The summed E-state index contributed by atoms with van der Waals surface area (Å²) in [5.41, 5.74) is 0. The zero-order chi connectivity index (χ0) is 11.8. The molecule has 1 unspecified atom stereocenters. The maximum Gasteiger partial charge on any atom is 0.347 e. The van der Waals surface area contributed by atoms with Crippen molar-refractivity contribution in [1.82, 2.24) is 0 Å². The quantitative estimate of drug-likeness (QED) is 0.395. The van der Waals surface area contributed by atoms with Gasteiger partial charge in [0.15, 0.2) is 0 Å². The van der Waals surface area contributed by atoms with E-state index in [0.29, 0.717) is 0 Å². The lowest BCUT2D eigenvalue weighted by atomic mass is 10.3. The summed E-state index contributed by atoms with van der Waals surface area (Å²) in [6, 6.07) is 0. The van der Waals surface area contributed by atoms with Crippen molar-refractivity contribution in [3.05, 3.63) is 0 Å². The van der Waals surface area contributed by atoms with Crippen LogP contribution in [0.2, 0.25) is 0 Å². The monoisotopic (exact) mass is 218 g/mol. The molecule has 0 amide bonds. The number of unbranched alkanes of at least 4 members (excludes halogenated alkanes) is 1. The Hall–Kier alpha value is -1.10. The van der Waals surface area contributed by atoms with Crippen molar-refractivity contribution < 1.29 is 24.2 Å². The fraction of sp³-hybridized carbons (Fsp3) is 0.800. The molecule has 0 heterocycles. The number of carbonyl (C=O) groups excluding carboxylic acids is 1. The number of rotatable bonds is 7. The molecule has 0 aliphatic heterocycles. The second-order valence-electron chi connectivity index (χ2n) is 3.43. The predicted octanol–water partition coefficient (Wildman–Crippen LogP) is 1.21. The van der Waals surface area contributed by atoms with Gasteiger partial charge in [0.05, 0.1) is 6.10 Å². The predicted molar refractivity (Wildman–Crippen MR) is 53.5 cm³/mol. The largest absolute Gasteiger partial charge is 0.479 e. The van der Waals surface area contributed by atoms with Crippen LogP contribution in [0.15, 0.2) is 0 Å². The van der Waals surface area contributed by atoms with Crippen molar-refractivity contribution in [2.45, 2.75) is 45.8 Å². The van der Waals surface area contributed by atoms with Crippen LogP contribution in [0, 0.1) is 0 Å². The fourth-order valence-electron chi connectivity index (χ4n) is 0.880. The van der Waals surface area contributed by atoms with Crippen LogP contribution < -0.4 is 0 Å². The van der Waals surface area contributed by atoms with Gasteiger partial charge in [0, 0.05) is 6.61 Å². The number of hydrogen-bond acceptors (Lipinski definition) is 4. The van der Waals surface area contributed by atoms with Gasteiger partial charge in [0.25, 0.3) is 6.10 Å². The van der Waals surface area contributed by atoms with Gasteiger partial charge < -0.3 is 14.6 Å². The van der Waals surface area contributed by atoms with Crippen molar-refractivity contribution in [2.24, 2.45) is 0 Å². The average Bonchev–Trinajstić information content (AvgIpc) is 2.10. The molecule has 0 radical (unpaired) electrons. The lowest BCUT2D eigenvalue weighted by Gasteiger charge is -2.14. The molecule has 88 valence electrons. The van der Waals surface area contributed by atoms with Gasteiger partial charge in [-0.15, -0.1) is 0 Å². The van der Waals surface area contributed by atoms with Gasteiger partial charge >= 0.3 is 11.9 Å². The molecular formula is C10H18O5. The number of carbonyl (C=O) groups is 2. The molecule has 0 saturated heterocycles. The third kappa shape index (κ3) is 6.06. The summed E-state index contributed by atoms with van der Waals surface area (Å²) in [7, 11) is 0. The summed E-state index contributed by atoms with van der Waals surface area (Å²) in [6.45, 7) is 5.51. The summed E-state index contributed by atoms with van der Waals surface area (Å²) in [6.07, 6.45) is -0.238. The summed E-state index contributed by atoms with van der Waals surface area (Å²) in [4.78, 5) is 22.0. The number of esters is 1. The average molecular weight is 218 g/mol. The molecule has 5 nitrogen and oxygen atoms in total. The summed E-state index contributed by atoms with van der Waals surface area (Å²) in [5, 5.41) is 8.73. The molecule has 0 rings (SSSR count). The maximum absolute atomic E-state index is 11.3. The van der Waals surface area contributed by atoms with Crippen molar-refractivity contribution in [3.63, 3.8) is 0 Å². The molecule has 0 bridgehead atoms. The first-order valence-corrected chi connectivity index (χ1v) is 5.04. The van der Waals surface area contributed by atoms with Crippen LogP contribution in [0.25, 0.3) is 0 Å². The smallest absolute Gasteiger partial charge is 0.347 e. The molecule has 0 aromatic carbocycles. The standard InChI is InChI=1S/C10H18O5/c1-4-5-6-14-8(9(11)12)10(13)15-7(2)3/h7-8H,4-6H2,1-3H3,(H,11,12). The lowest BCUT2D eigenvalue weighted by molar-refractivity contribution is -0.172. The molecule has 0 aliphatic carbocycles. The third-order valence-electron chi connectivity index (χ3n) is 1.57. The molecule has 0 aromatic rings. The van der Waals surface area contributed by atoms with Crippen molar-refractivity contribution >= 4 is 11.9 Å². The Bertz CT molecular complexity index is 212. The van der Waals surface area contributed by atoms with E-state index >= 15 is 0 Å². The van der Waals surface area contributed by atoms with E-state index in [1.54, 1.807) is 13.8 Å². The Morgan fingerprint density at radius 3 is 2.33 bits per heavy atom. The SMILES string of the molecule is CCCCOC(C(=O)O)C(=O)OC(C)C. The zero-order valence-corrected chi connectivity index (χ0v) is 9.36. The molecule has 1 atom stereocenters. The highest BCUT2D eigenvalue weighted by molar-refractivity contribution is 5.97. The first-order chi connectivity index (χ1) is 6.99. The highest BCUT2D eigenvalue weighted by Gasteiger charge is 2.29. The van der Waals surface area contributed by atoms with Crippen LogP contribution in [-0.4, -0.2) is 35.9 Å². The number of carboxylic acid groups (broad SMARTS) is 1. The molecule has 0 saturated carbocycles. The van der Waals surface area contributed by atoms with E-state index in [1.807, 2.05) is 6.92 Å². The Morgan fingerprint density at radius 1 is 1.33 bits per heavy atom. The molecule has 15 heavy (non-hydrogen) atoms. The second-order valence-corrected chi connectivity index (χ2v) is 3.43. The highest BCUT2D eigenvalue weighted by Crippen LogP contribution is 2.01. The van der Waals surface area contributed by atoms with Gasteiger partial charge in [0.1, 0.15) is 0 Å². The number of carboxylic acids is 1. The van der Waals surface area contributed by atoms with Gasteiger partial charge in [-0.25, -0.2) is 9.59 Å². The normalized spacial score (nSPS) is 12.5. The first-order valence-electron chi connectivity index (χ1n) is 5.04. The van der Waals surface area contributed by atoms with Crippen LogP contribution in [0.1, 0.15) is 33.6 Å². The topological polar surface area (TPSA) is 72.8 Å². The molecule has 1 N–H and O–H groups in total. The molecule has 0 aliphatic rings. The summed E-state index contributed by atoms with van der Waals surface area (Å²) < 4.78 is 9.69. The lowest BCUT2D eigenvalue weighted by Crippen LogP contribution is -2.36. The Morgan fingerprint density at radius 2 is 1.93 bits per heavy atom. The number of ether oxygens (including phenoxy) is 2. The molecule has 0 fully saturated rings. The van der Waals surface area contributed by atoms with Crippen LogP contribution >= 0.6 is 0 Å². The zero-order valence-electron chi connectivity index (χ0n) is 9.36. The van der Waals surface area contributed by atoms with E-state index in [-0.39, 0.29) is 12.7 Å². The van der Waals surface area contributed by atoms with Crippen LogP contribution in [-0.2, 0) is 19.1 Å². The van der Waals surface area contributed by atoms with Crippen molar-refractivity contribution in [1.29, 1.82) is 0 Å².